The maximum Gasteiger partial charge on any atom is 0.329 e. The number of urea groups is 1. The van der Waals surface area contributed by atoms with Gasteiger partial charge in [0.15, 0.2) is 6.61 Å². The summed E-state index contributed by atoms with van der Waals surface area (Å²) in [5, 5.41) is 8.45. The molecule has 154 valence electrons. The molecule has 0 fully saturated rings. The van der Waals surface area contributed by atoms with Gasteiger partial charge in [-0.1, -0.05) is 43.6 Å². The molecule has 2 aromatic carbocycles. The molecule has 0 aliphatic carbocycles. The summed E-state index contributed by atoms with van der Waals surface area (Å²) in [5.41, 5.74) is 1.96. The predicted molar refractivity (Wildman–Crippen MR) is 113 cm³/mol. The van der Waals surface area contributed by atoms with E-state index in [1.165, 1.54) is 0 Å². The summed E-state index contributed by atoms with van der Waals surface area (Å²) in [7, 11) is 0. The number of hydrogen-bond acceptors (Lipinski definition) is 4. The van der Waals surface area contributed by atoms with Gasteiger partial charge in [0.2, 0.25) is 0 Å². The minimum Gasteiger partial charge on any atom is -0.454 e. The lowest BCUT2D eigenvalue weighted by Gasteiger charge is -2.21. The Morgan fingerprint density at radius 3 is 2.34 bits per heavy atom. The number of ether oxygens (including phenoxy) is 1. The molecule has 0 radical (unpaired) electrons. The summed E-state index contributed by atoms with van der Waals surface area (Å²) in [6.45, 7) is 4.88. The molecular formula is C21H24ClN3O4. The van der Waals surface area contributed by atoms with Crippen LogP contribution in [0, 0.1) is 12.8 Å². The number of nitrogens with one attached hydrogen (secondary N) is 3. The van der Waals surface area contributed by atoms with E-state index < -0.39 is 30.6 Å². The molecule has 0 aliphatic rings. The van der Waals surface area contributed by atoms with Gasteiger partial charge in [0.05, 0.1) is 0 Å². The minimum absolute atomic E-state index is 0.231. The topological polar surface area (TPSA) is 96.5 Å². The average Bonchev–Trinajstić information content (AvgIpc) is 2.67. The number of benzene rings is 2. The highest BCUT2D eigenvalue weighted by molar-refractivity contribution is 6.30. The van der Waals surface area contributed by atoms with Crippen molar-refractivity contribution in [3.8, 4) is 0 Å². The molecule has 8 heteroatoms. The first-order valence-electron chi connectivity index (χ1n) is 9.11. The Morgan fingerprint density at radius 1 is 1.03 bits per heavy atom. The predicted octanol–water partition coefficient (Wildman–Crippen LogP) is 3.98. The molecule has 0 saturated heterocycles. The van der Waals surface area contributed by atoms with E-state index in [1.54, 1.807) is 63.2 Å². The first-order valence-corrected chi connectivity index (χ1v) is 9.49. The molecule has 2 rings (SSSR count). The normalized spacial score (nSPS) is 11.5. The van der Waals surface area contributed by atoms with Gasteiger partial charge in [-0.15, -0.1) is 0 Å². The largest absolute Gasteiger partial charge is 0.454 e. The van der Waals surface area contributed by atoms with Gasteiger partial charge in [-0.25, -0.2) is 9.59 Å². The van der Waals surface area contributed by atoms with Gasteiger partial charge in [0, 0.05) is 16.4 Å². The summed E-state index contributed by atoms with van der Waals surface area (Å²) < 4.78 is 5.09. The van der Waals surface area contributed by atoms with Gasteiger partial charge < -0.3 is 20.7 Å². The standard InChI is InChI=1S/C21H24ClN3O4/c1-13(2)19(25-21(28)23-16-7-5-4-6-8-16)20(27)29-12-18(26)24-17-10-9-15(22)11-14(17)3/h4-11,13,19H,12H2,1-3H3,(H,24,26)(H2,23,25,28)/t19-/m0/s1. The van der Waals surface area contributed by atoms with E-state index in [-0.39, 0.29) is 5.92 Å². The smallest absolute Gasteiger partial charge is 0.329 e. The number of halogens is 1. The van der Waals surface area contributed by atoms with Crippen LogP contribution in [-0.2, 0) is 14.3 Å². The van der Waals surface area contributed by atoms with E-state index >= 15 is 0 Å². The van der Waals surface area contributed by atoms with E-state index in [1.807, 2.05) is 6.07 Å². The van der Waals surface area contributed by atoms with Crippen molar-refractivity contribution >= 4 is 40.9 Å². The van der Waals surface area contributed by atoms with E-state index in [0.717, 1.165) is 5.56 Å². The van der Waals surface area contributed by atoms with Crippen LogP contribution < -0.4 is 16.0 Å². The molecule has 0 aromatic heterocycles. The van der Waals surface area contributed by atoms with Crippen molar-refractivity contribution in [2.75, 3.05) is 17.2 Å². The molecule has 0 saturated carbocycles. The molecule has 0 unspecified atom stereocenters. The lowest BCUT2D eigenvalue weighted by Crippen LogP contribution is -2.47. The Balaban J connectivity index is 1.88. The Hall–Kier alpha value is -3.06. The highest BCUT2D eigenvalue weighted by atomic mass is 35.5. The van der Waals surface area contributed by atoms with E-state index in [4.69, 9.17) is 16.3 Å². The van der Waals surface area contributed by atoms with Crippen molar-refractivity contribution in [3.63, 3.8) is 0 Å². The van der Waals surface area contributed by atoms with E-state index in [9.17, 15) is 14.4 Å². The highest BCUT2D eigenvalue weighted by Gasteiger charge is 2.26. The molecule has 0 aliphatic heterocycles. The number of aryl methyl sites for hydroxylation is 1. The summed E-state index contributed by atoms with van der Waals surface area (Å²) >= 11 is 5.89. The number of rotatable bonds is 7. The molecule has 7 nitrogen and oxygen atoms in total. The minimum atomic E-state index is -0.899. The lowest BCUT2D eigenvalue weighted by molar-refractivity contribution is -0.150. The van der Waals surface area contributed by atoms with Gasteiger partial charge in [0.25, 0.3) is 5.91 Å². The van der Waals surface area contributed by atoms with Gasteiger partial charge in [-0.2, -0.15) is 0 Å². The fourth-order valence-electron chi connectivity index (χ4n) is 2.51. The number of carbonyl (C=O) groups is 3. The van der Waals surface area contributed by atoms with Crippen molar-refractivity contribution in [1.29, 1.82) is 0 Å². The molecule has 29 heavy (non-hydrogen) atoms. The third-order valence-corrected chi connectivity index (χ3v) is 4.28. The number of anilines is 2. The van der Waals surface area contributed by atoms with Crippen LogP contribution in [-0.4, -0.2) is 30.6 Å². The first-order chi connectivity index (χ1) is 13.8. The molecule has 3 amide bonds. The number of esters is 1. The second kappa shape index (κ2) is 10.5. The summed E-state index contributed by atoms with van der Waals surface area (Å²) in [6, 6.07) is 12.5. The van der Waals surface area contributed by atoms with Crippen molar-refractivity contribution in [2.24, 2.45) is 5.92 Å². The van der Waals surface area contributed by atoms with Crippen molar-refractivity contribution in [1.82, 2.24) is 5.32 Å². The zero-order valence-electron chi connectivity index (χ0n) is 16.5. The molecule has 0 bridgehead atoms. The molecular weight excluding hydrogens is 394 g/mol. The Kier molecular flexibility index (Phi) is 8.03. The maximum absolute atomic E-state index is 12.4. The van der Waals surface area contributed by atoms with E-state index in [0.29, 0.717) is 16.4 Å². The molecule has 1 atom stereocenters. The third kappa shape index (κ3) is 7.12. The summed E-state index contributed by atoms with van der Waals surface area (Å²) in [4.78, 5) is 36.6. The molecule has 3 N–H and O–H groups in total. The number of amides is 3. The van der Waals surface area contributed by atoms with Crippen LogP contribution >= 0.6 is 11.6 Å². The number of carbonyl (C=O) groups excluding carboxylic acids is 3. The summed E-state index contributed by atoms with van der Waals surface area (Å²) in [5.74, 6) is -1.41. The Labute approximate surface area is 174 Å². The number of para-hydroxylation sites is 1. The first kappa shape index (κ1) is 22.2. The second-order valence-electron chi connectivity index (χ2n) is 6.80. The monoisotopic (exact) mass is 417 g/mol. The molecule has 0 spiro atoms. The Bertz CT molecular complexity index is 871. The van der Waals surface area contributed by atoms with Crippen LogP contribution in [0.15, 0.2) is 48.5 Å². The van der Waals surface area contributed by atoms with Crippen molar-refractivity contribution in [2.45, 2.75) is 26.8 Å². The molecule has 0 heterocycles. The van der Waals surface area contributed by atoms with Crippen molar-refractivity contribution in [3.05, 3.63) is 59.1 Å². The van der Waals surface area contributed by atoms with Crippen LogP contribution in [0.3, 0.4) is 0 Å². The fraction of sp³-hybridized carbons (Fsp3) is 0.286. The summed E-state index contributed by atoms with van der Waals surface area (Å²) in [6.07, 6.45) is 0. The quantitative estimate of drug-likeness (QED) is 0.593. The van der Waals surface area contributed by atoms with E-state index in [2.05, 4.69) is 16.0 Å². The van der Waals surface area contributed by atoms with Gasteiger partial charge in [0.1, 0.15) is 6.04 Å². The van der Waals surface area contributed by atoms with Gasteiger partial charge >= 0.3 is 12.0 Å². The van der Waals surface area contributed by atoms with Crippen LogP contribution in [0.4, 0.5) is 16.2 Å². The van der Waals surface area contributed by atoms with Crippen LogP contribution in [0.25, 0.3) is 0 Å². The van der Waals surface area contributed by atoms with Crippen LogP contribution in [0.2, 0.25) is 5.02 Å². The van der Waals surface area contributed by atoms with Gasteiger partial charge in [-0.3, -0.25) is 4.79 Å². The van der Waals surface area contributed by atoms with Gasteiger partial charge in [-0.05, 0) is 48.7 Å². The molecule has 2 aromatic rings. The number of hydrogen-bond donors (Lipinski definition) is 3. The van der Waals surface area contributed by atoms with Crippen LogP contribution in [0.1, 0.15) is 19.4 Å². The Morgan fingerprint density at radius 2 is 1.72 bits per heavy atom. The van der Waals surface area contributed by atoms with Crippen LogP contribution in [0.5, 0.6) is 0 Å². The highest BCUT2D eigenvalue weighted by Crippen LogP contribution is 2.19. The second-order valence-corrected chi connectivity index (χ2v) is 7.24. The zero-order valence-corrected chi connectivity index (χ0v) is 17.2. The van der Waals surface area contributed by atoms with Crippen molar-refractivity contribution < 1.29 is 19.1 Å². The fourth-order valence-corrected chi connectivity index (χ4v) is 2.73. The third-order valence-electron chi connectivity index (χ3n) is 4.05. The zero-order chi connectivity index (χ0) is 21.4. The average molecular weight is 418 g/mol. The lowest BCUT2D eigenvalue weighted by atomic mass is 10.1. The maximum atomic E-state index is 12.4. The SMILES string of the molecule is Cc1cc(Cl)ccc1NC(=O)COC(=O)[C@@H](NC(=O)Nc1ccccc1)C(C)C.